The van der Waals surface area contributed by atoms with Gasteiger partial charge < -0.3 is 4.74 Å². The molecule has 0 amide bonds. The van der Waals surface area contributed by atoms with Gasteiger partial charge >= 0.3 is 5.97 Å². The van der Waals surface area contributed by atoms with Gasteiger partial charge in [0.25, 0.3) is 0 Å². The molecule has 3 heteroatoms. The van der Waals surface area contributed by atoms with Crippen LogP contribution in [-0.2, 0) is 17.6 Å². The van der Waals surface area contributed by atoms with Gasteiger partial charge in [0.05, 0.1) is 11.5 Å². The zero-order valence-electron chi connectivity index (χ0n) is 23.3. The van der Waals surface area contributed by atoms with Gasteiger partial charge in [-0.15, -0.1) is 0 Å². The maximum Gasteiger partial charge on any atom is 0.314 e. The summed E-state index contributed by atoms with van der Waals surface area (Å²) < 4.78 is 5.71. The van der Waals surface area contributed by atoms with E-state index in [4.69, 9.17) is 4.74 Å². The third-order valence-electron chi connectivity index (χ3n) is 8.02. The Morgan fingerprint density at radius 2 is 1.38 bits per heavy atom. The Balaban J connectivity index is 1.40. The van der Waals surface area contributed by atoms with Gasteiger partial charge in [0, 0.05) is 0 Å². The molecule has 200 valence electrons. The SMILES string of the molecule is CCCCCCCCCCc1ccc(C2CCC(C(=O)Oc3ccc(CCCC)cc3C#N)CC2)cc1. The molecule has 1 saturated carbocycles. The van der Waals surface area contributed by atoms with Crippen LogP contribution in [0.4, 0.5) is 0 Å². The van der Waals surface area contributed by atoms with Crippen LogP contribution in [0.2, 0.25) is 0 Å². The number of unbranched alkanes of at least 4 members (excludes halogenated alkanes) is 8. The van der Waals surface area contributed by atoms with E-state index in [9.17, 15) is 10.1 Å². The monoisotopic (exact) mass is 501 g/mol. The number of hydrogen-bond acceptors (Lipinski definition) is 3. The number of esters is 1. The molecule has 1 aliphatic rings. The minimum atomic E-state index is -0.183. The van der Waals surface area contributed by atoms with E-state index < -0.39 is 0 Å². The van der Waals surface area contributed by atoms with Crippen molar-refractivity contribution in [3.05, 3.63) is 64.7 Å². The summed E-state index contributed by atoms with van der Waals surface area (Å²) in [6.07, 6.45) is 18.9. The van der Waals surface area contributed by atoms with Gasteiger partial charge in [-0.05, 0) is 86.1 Å². The van der Waals surface area contributed by atoms with Gasteiger partial charge in [0.2, 0.25) is 0 Å². The molecule has 0 bridgehead atoms. The predicted octanol–water partition coefficient (Wildman–Crippen LogP) is 9.46. The Morgan fingerprint density at radius 1 is 0.784 bits per heavy atom. The van der Waals surface area contributed by atoms with E-state index in [2.05, 4.69) is 44.2 Å². The smallest absolute Gasteiger partial charge is 0.314 e. The van der Waals surface area contributed by atoms with E-state index in [0.717, 1.165) is 50.5 Å². The van der Waals surface area contributed by atoms with Crippen molar-refractivity contribution in [3.8, 4) is 11.8 Å². The summed E-state index contributed by atoms with van der Waals surface area (Å²) in [7, 11) is 0. The summed E-state index contributed by atoms with van der Waals surface area (Å²) in [4.78, 5) is 12.9. The standard InChI is InChI=1S/C34H47NO2/c1-3-5-7-8-9-10-11-12-14-27-15-18-29(19-16-27)30-20-22-31(23-21-30)34(36)37-33-24-17-28(13-6-4-2)25-32(33)26-35/h15-19,24-25,30-31H,3-14,20-23H2,1-2H3. The van der Waals surface area contributed by atoms with Crippen molar-refractivity contribution in [1.29, 1.82) is 5.26 Å². The van der Waals surface area contributed by atoms with E-state index >= 15 is 0 Å². The number of benzene rings is 2. The van der Waals surface area contributed by atoms with Crippen LogP contribution in [0.1, 0.15) is 132 Å². The quantitative estimate of drug-likeness (QED) is 0.139. The lowest BCUT2D eigenvalue weighted by molar-refractivity contribution is -0.140. The van der Waals surface area contributed by atoms with Crippen LogP contribution in [0.15, 0.2) is 42.5 Å². The van der Waals surface area contributed by atoms with Gasteiger partial charge in [0.15, 0.2) is 0 Å². The summed E-state index contributed by atoms with van der Waals surface area (Å²) in [5.74, 6) is 0.663. The van der Waals surface area contributed by atoms with E-state index in [1.807, 2.05) is 12.1 Å². The molecule has 0 atom stereocenters. The topological polar surface area (TPSA) is 50.1 Å². The van der Waals surface area contributed by atoms with Crippen LogP contribution < -0.4 is 4.74 Å². The lowest BCUT2D eigenvalue weighted by atomic mass is 9.78. The van der Waals surface area contributed by atoms with Crippen molar-refractivity contribution >= 4 is 5.97 Å². The van der Waals surface area contributed by atoms with Crippen molar-refractivity contribution in [3.63, 3.8) is 0 Å². The van der Waals surface area contributed by atoms with Crippen LogP contribution in [-0.4, -0.2) is 5.97 Å². The molecule has 1 aliphatic carbocycles. The maximum atomic E-state index is 12.9. The van der Waals surface area contributed by atoms with Gasteiger partial charge in [0.1, 0.15) is 11.8 Å². The Bertz CT molecular complexity index is 980. The molecule has 3 nitrogen and oxygen atoms in total. The van der Waals surface area contributed by atoms with Crippen molar-refractivity contribution in [2.45, 2.75) is 122 Å². The Labute approximate surface area is 225 Å². The maximum absolute atomic E-state index is 12.9. The number of hydrogen-bond donors (Lipinski definition) is 0. The summed E-state index contributed by atoms with van der Waals surface area (Å²) in [5.41, 5.74) is 4.44. The van der Waals surface area contributed by atoms with Crippen molar-refractivity contribution < 1.29 is 9.53 Å². The summed E-state index contributed by atoms with van der Waals surface area (Å²) in [6, 6.07) is 17.1. The van der Waals surface area contributed by atoms with Crippen LogP contribution >= 0.6 is 0 Å². The second-order valence-electron chi connectivity index (χ2n) is 11.0. The minimum absolute atomic E-state index is 0.0798. The highest BCUT2D eigenvalue weighted by atomic mass is 16.5. The number of ether oxygens (including phenoxy) is 1. The molecule has 37 heavy (non-hydrogen) atoms. The molecule has 2 aromatic carbocycles. The van der Waals surface area contributed by atoms with Gasteiger partial charge in [-0.3, -0.25) is 4.79 Å². The lowest BCUT2D eigenvalue weighted by Crippen LogP contribution is -2.25. The summed E-state index contributed by atoms with van der Waals surface area (Å²) in [5, 5.41) is 9.54. The molecular formula is C34H47NO2. The second kappa shape index (κ2) is 16.3. The fourth-order valence-corrected chi connectivity index (χ4v) is 5.56. The highest BCUT2D eigenvalue weighted by Gasteiger charge is 2.29. The molecule has 1 fully saturated rings. The minimum Gasteiger partial charge on any atom is -0.425 e. The number of nitriles is 1. The molecule has 2 aromatic rings. The van der Waals surface area contributed by atoms with Crippen LogP contribution in [0.3, 0.4) is 0 Å². The van der Waals surface area contributed by atoms with Crippen LogP contribution in [0.5, 0.6) is 5.75 Å². The Morgan fingerprint density at radius 3 is 2.03 bits per heavy atom. The second-order valence-corrected chi connectivity index (χ2v) is 11.0. The molecule has 0 N–H and O–H groups in total. The van der Waals surface area contributed by atoms with E-state index in [1.165, 1.54) is 68.9 Å². The predicted molar refractivity (Wildman–Crippen MR) is 153 cm³/mol. The average molecular weight is 502 g/mol. The number of carbonyl (C=O) groups excluding carboxylic acids is 1. The molecule has 0 saturated heterocycles. The molecule has 0 unspecified atom stereocenters. The van der Waals surface area contributed by atoms with Gasteiger partial charge in [-0.2, -0.15) is 5.26 Å². The van der Waals surface area contributed by atoms with Crippen LogP contribution in [0.25, 0.3) is 0 Å². The first-order valence-electron chi connectivity index (χ1n) is 15.0. The van der Waals surface area contributed by atoms with E-state index in [-0.39, 0.29) is 11.9 Å². The molecule has 0 spiro atoms. The first kappa shape index (κ1) is 29.0. The molecular weight excluding hydrogens is 454 g/mol. The van der Waals surface area contributed by atoms with Crippen molar-refractivity contribution in [2.75, 3.05) is 0 Å². The first-order chi connectivity index (χ1) is 18.1. The Hall–Kier alpha value is -2.60. The van der Waals surface area contributed by atoms with E-state index in [1.54, 1.807) is 6.07 Å². The molecule has 0 heterocycles. The number of nitrogens with zero attached hydrogens (tertiary/aromatic N) is 1. The molecule has 0 radical (unpaired) electrons. The number of aryl methyl sites for hydroxylation is 2. The number of rotatable bonds is 15. The van der Waals surface area contributed by atoms with Gasteiger partial charge in [-0.1, -0.05) is 95.5 Å². The van der Waals surface area contributed by atoms with Crippen molar-refractivity contribution in [1.82, 2.24) is 0 Å². The first-order valence-corrected chi connectivity index (χ1v) is 15.0. The lowest BCUT2D eigenvalue weighted by Gasteiger charge is -2.27. The highest BCUT2D eigenvalue weighted by Crippen LogP contribution is 2.37. The van der Waals surface area contributed by atoms with Crippen molar-refractivity contribution in [2.24, 2.45) is 5.92 Å². The largest absolute Gasteiger partial charge is 0.425 e. The molecule has 3 rings (SSSR count). The third-order valence-corrected chi connectivity index (χ3v) is 8.02. The van der Waals surface area contributed by atoms with Gasteiger partial charge in [-0.25, -0.2) is 0 Å². The summed E-state index contributed by atoms with van der Waals surface area (Å²) in [6.45, 7) is 4.43. The molecule has 0 aliphatic heterocycles. The average Bonchev–Trinajstić information content (AvgIpc) is 2.94. The molecule has 0 aromatic heterocycles. The Kier molecular flexibility index (Phi) is 12.7. The number of carbonyl (C=O) groups is 1. The highest BCUT2D eigenvalue weighted by molar-refractivity contribution is 5.76. The normalized spacial score (nSPS) is 17.3. The zero-order chi connectivity index (χ0) is 26.3. The van der Waals surface area contributed by atoms with E-state index in [0.29, 0.717) is 17.2 Å². The fraction of sp³-hybridized carbons (Fsp3) is 0.588. The third kappa shape index (κ3) is 9.66. The fourth-order valence-electron chi connectivity index (χ4n) is 5.56. The van der Waals surface area contributed by atoms with Crippen LogP contribution in [0, 0.1) is 17.2 Å². The summed E-state index contributed by atoms with van der Waals surface area (Å²) >= 11 is 0. The zero-order valence-corrected chi connectivity index (χ0v) is 23.3.